The first-order valence-corrected chi connectivity index (χ1v) is 12.0. The lowest BCUT2D eigenvalue weighted by atomic mass is 10.1. The zero-order valence-electron chi connectivity index (χ0n) is 16.9. The Morgan fingerprint density at radius 3 is 1.96 bits per heavy atom. The Labute approximate surface area is 151 Å². The van der Waals surface area contributed by atoms with Crippen molar-refractivity contribution >= 4 is 8.56 Å². The second-order valence-electron chi connectivity index (χ2n) is 7.22. The van der Waals surface area contributed by atoms with E-state index in [1.54, 1.807) is 0 Å². The molecule has 1 aliphatic heterocycles. The van der Waals surface area contributed by atoms with Crippen molar-refractivity contribution in [3.63, 3.8) is 0 Å². The lowest BCUT2D eigenvalue weighted by Crippen LogP contribution is -2.64. The summed E-state index contributed by atoms with van der Waals surface area (Å²) in [6, 6.07) is 1.06. The molecule has 0 radical (unpaired) electrons. The van der Waals surface area contributed by atoms with Gasteiger partial charge in [-0.25, -0.2) is 0 Å². The van der Waals surface area contributed by atoms with Crippen molar-refractivity contribution < 1.29 is 13.6 Å². The largest absolute Gasteiger partial charge is 0.396 e. The molecular weight excluding hydrogens is 318 g/mol. The molecule has 1 heterocycles. The maximum absolute atomic E-state index is 6.11. The highest BCUT2D eigenvalue weighted by Gasteiger charge is 2.58. The van der Waals surface area contributed by atoms with Crippen molar-refractivity contribution in [1.29, 1.82) is 0 Å². The lowest BCUT2D eigenvalue weighted by Gasteiger charge is -2.48. The predicted octanol–water partition coefficient (Wildman–Crippen LogP) is 4.51. The maximum atomic E-state index is 6.11. The molecule has 0 aromatic heterocycles. The Hall–Kier alpha value is 0.0569. The van der Waals surface area contributed by atoms with Crippen molar-refractivity contribution in [2.45, 2.75) is 82.9 Å². The third-order valence-corrected chi connectivity index (χ3v) is 10.2. The summed E-state index contributed by atoms with van der Waals surface area (Å²) < 4.78 is 18.1. The Morgan fingerprint density at radius 2 is 1.46 bits per heavy atom. The summed E-state index contributed by atoms with van der Waals surface area (Å²) in [5.41, 5.74) is 0. The van der Waals surface area contributed by atoms with Gasteiger partial charge in [0.25, 0.3) is 0 Å². The minimum Gasteiger partial charge on any atom is -0.396 e. The van der Waals surface area contributed by atoms with Gasteiger partial charge < -0.3 is 18.5 Å². The predicted molar refractivity (Wildman–Crippen MR) is 104 cm³/mol. The van der Waals surface area contributed by atoms with E-state index < -0.39 is 8.56 Å². The maximum Gasteiger partial charge on any atom is 0.370 e. The number of nitrogens with zero attached hydrogens (tertiary/aromatic N) is 1. The molecule has 1 fully saturated rings. The van der Waals surface area contributed by atoms with E-state index in [9.17, 15) is 0 Å². The smallest absolute Gasteiger partial charge is 0.370 e. The van der Waals surface area contributed by atoms with Gasteiger partial charge in [0.15, 0.2) is 0 Å². The standard InChI is InChI=1S/C19H41NO3Si/c1-6-8-15-20(16-9-7-2)17-12-14-19(21-3)13-10-11-18-24(19,22-4)23-5/h6-18H2,1-5H3. The summed E-state index contributed by atoms with van der Waals surface area (Å²) in [4.78, 5) is 2.64. The first kappa shape index (κ1) is 22.1. The number of unbranched alkanes of at least 4 members (excludes halogenated alkanes) is 2. The minimum absolute atomic E-state index is 0.171. The topological polar surface area (TPSA) is 30.9 Å². The van der Waals surface area contributed by atoms with Crippen LogP contribution in [-0.2, 0) is 13.6 Å². The Kier molecular flexibility index (Phi) is 10.7. The molecule has 1 rings (SSSR count). The molecule has 144 valence electrons. The second kappa shape index (κ2) is 11.6. The van der Waals surface area contributed by atoms with Crippen LogP contribution in [0.4, 0.5) is 0 Å². The van der Waals surface area contributed by atoms with E-state index >= 15 is 0 Å². The van der Waals surface area contributed by atoms with E-state index in [-0.39, 0.29) is 5.22 Å². The fraction of sp³-hybridized carbons (Fsp3) is 1.00. The molecule has 1 saturated heterocycles. The van der Waals surface area contributed by atoms with E-state index in [1.165, 1.54) is 64.6 Å². The van der Waals surface area contributed by atoms with Crippen LogP contribution in [0.3, 0.4) is 0 Å². The van der Waals surface area contributed by atoms with Crippen molar-refractivity contribution in [2.24, 2.45) is 0 Å². The van der Waals surface area contributed by atoms with Gasteiger partial charge >= 0.3 is 8.56 Å². The van der Waals surface area contributed by atoms with Gasteiger partial charge in [0.1, 0.15) is 5.22 Å². The van der Waals surface area contributed by atoms with E-state index in [1.807, 2.05) is 21.3 Å². The van der Waals surface area contributed by atoms with Gasteiger partial charge in [0.2, 0.25) is 0 Å². The van der Waals surface area contributed by atoms with Crippen LogP contribution in [0.2, 0.25) is 6.04 Å². The van der Waals surface area contributed by atoms with E-state index in [4.69, 9.17) is 13.6 Å². The van der Waals surface area contributed by atoms with Gasteiger partial charge in [0.05, 0.1) is 0 Å². The molecule has 1 atom stereocenters. The molecule has 0 aromatic rings. The molecule has 0 saturated carbocycles. The zero-order chi connectivity index (χ0) is 17.9. The normalized spacial score (nSPS) is 23.8. The summed E-state index contributed by atoms with van der Waals surface area (Å²) in [7, 11) is 3.23. The number of hydrogen-bond acceptors (Lipinski definition) is 4. The van der Waals surface area contributed by atoms with Crippen molar-refractivity contribution in [3.05, 3.63) is 0 Å². The molecule has 0 amide bonds. The van der Waals surface area contributed by atoms with Crippen LogP contribution in [-0.4, -0.2) is 59.6 Å². The Morgan fingerprint density at radius 1 is 0.875 bits per heavy atom. The quantitative estimate of drug-likeness (QED) is 0.453. The van der Waals surface area contributed by atoms with Crippen LogP contribution in [0.15, 0.2) is 0 Å². The van der Waals surface area contributed by atoms with Gasteiger partial charge in [-0.15, -0.1) is 0 Å². The molecule has 5 heteroatoms. The molecule has 24 heavy (non-hydrogen) atoms. The van der Waals surface area contributed by atoms with Crippen molar-refractivity contribution in [2.75, 3.05) is 41.0 Å². The summed E-state index contributed by atoms with van der Waals surface area (Å²) in [5.74, 6) is 0. The van der Waals surface area contributed by atoms with Crippen molar-refractivity contribution in [1.82, 2.24) is 4.90 Å². The van der Waals surface area contributed by atoms with Crippen LogP contribution in [0.1, 0.15) is 71.6 Å². The number of methoxy groups -OCH3 is 1. The first-order chi connectivity index (χ1) is 11.6. The molecule has 1 aliphatic rings. The minimum atomic E-state index is -2.27. The highest BCUT2D eigenvalue weighted by molar-refractivity contribution is 6.70. The third-order valence-electron chi connectivity index (χ3n) is 5.79. The Bertz CT molecular complexity index is 318. The molecule has 1 unspecified atom stereocenters. The monoisotopic (exact) mass is 359 g/mol. The summed E-state index contributed by atoms with van der Waals surface area (Å²) in [6.07, 6.45) is 10.9. The van der Waals surface area contributed by atoms with E-state index in [0.29, 0.717) is 0 Å². The van der Waals surface area contributed by atoms with Crippen LogP contribution in [0.25, 0.3) is 0 Å². The molecule has 0 spiro atoms. The summed E-state index contributed by atoms with van der Waals surface area (Å²) in [5, 5.41) is -0.171. The van der Waals surface area contributed by atoms with Gasteiger partial charge in [-0.3, -0.25) is 0 Å². The Balaban J connectivity index is 2.64. The van der Waals surface area contributed by atoms with E-state index in [0.717, 1.165) is 18.9 Å². The highest BCUT2D eigenvalue weighted by Crippen LogP contribution is 2.42. The lowest BCUT2D eigenvalue weighted by molar-refractivity contribution is -0.0171. The SMILES string of the molecule is CCCCN(CCCC)CCCC1(OC)CCCC[Si]1(OC)OC. The first-order valence-electron chi connectivity index (χ1n) is 10.0. The highest BCUT2D eigenvalue weighted by atomic mass is 28.4. The van der Waals surface area contributed by atoms with Crippen molar-refractivity contribution in [3.8, 4) is 0 Å². The fourth-order valence-corrected chi connectivity index (χ4v) is 8.12. The molecule has 0 N–H and O–H groups in total. The third kappa shape index (κ3) is 5.53. The summed E-state index contributed by atoms with van der Waals surface area (Å²) in [6.45, 7) is 8.18. The average molecular weight is 360 g/mol. The fourth-order valence-electron chi connectivity index (χ4n) is 4.21. The van der Waals surface area contributed by atoms with Crippen LogP contribution < -0.4 is 0 Å². The van der Waals surface area contributed by atoms with Crippen LogP contribution in [0, 0.1) is 0 Å². The molecular formula is C19H41NO3Si. The molecule has 0 aromatic carbocycles. The zero-order valence-corrected chi connectivity index (χ0v) is 17.9. The second-order valence-corrected chi connectivity index (χ2v) is 11.0. The number of ether oxygens (including phenoxy) is 1. The average Bonchev–Trinajstić information content (AvgIpc) is 2.63. The summed E-state index contributed by atoms with van der Waals surface area (Å²) >= 11 is 0. The van der Waals surface area contributed by atoms with Gasteiger partial charge in [-0.05, 0) is 57.8 Å². The van der Waals surface area contributed by atoms with Crippen LogP contribution in [0.5, 0.6) is 0 Å². The van der Waals surface area contributed by atoms with Crippen LogP contribution >= 0.6 is 0 Å². The number of hydrogen-bond donors (Lipinski definition) is 0. The van der Waals surface area contributed by atoms with Gasteiger partial charge in [-0.1, -0.05) is 39.5 Å². The van der Waals surface area contributed by atoms with Gasteiger partial charge in [0, 0.05) is 21.3 Å². The molecule has 0 bridgehead atoms. The molecule has 4 nitrogen and oxygen atoms in total. The van der Waals surface area contributed by atoms with Gasteiger partial charge in [-0.2, -0.15) is 0 Å². The number of rotatable bonds is 13. The van der Waals surface area contributed by atoms with E-state index in [2.05, 4.69) is 18.7 Å². The molecule has 0 aliphatic carbocycles.